The van der Waals surface area contributed by atoms with E-state index < -0.39 is 5.60 Å². The molecular formula is C18H22O2. The Bertz CT molecular complexity index is 542. The van der Waals surface area contributed by atoms with Gasteiger partial charge in [0, 0.05) is 11.1 Å². The predicted octanol–water partition coefficient (Wildman–Crippen LogP) is 4.30. The lowest BCUT2D eigenvalue weighted by Crippen LogP contribution is -2.31. The quantitative estimate of drug-likeness (QED) is 0.354. The number of hydrogen-bond donors (Lipinski definition) is 0. The van der Waals surface area contributed by atoms with E-state index in [1.165, 1.54) is 5.56 Å². The molecule has 0 heterocycles. The summed E-state index contributed by atoms with van der Waals surface area (Å²) in [7, 11) is 0. The Morgan fingerprint density at radius 1 is 1.35 bits per heavy atom. The van der Waals surface area contributed by atoms with Gasteiger partial charge in [-0.15, -0.1) is 0 Å². The van der Waals surface area contributed by atoms with Crippen molar-refractivity contribution in [2.45, 2.75) is 45.1 Å². The monoisotopic (exact) mass is 270 g/mol. The van der Waals surface area contributed by atoms with Crippen LogP contribution in [0.1, 0.15) is 44.2 Å². The first-order chi connectivity index (χ1) is 9.59. The van der Waals surface area contributed by atoms with Crippen LogP contribution in [-0.4, -0.2) is 5.97 Å². The van der Waals surface area contributed by atoms with E-state index in [1.807, 2.05) is 31.2 Å². The Morgan fingerprint density at radius 3 is 2.80 bits per heavy atom. The van der Waals surface area contributed by atoms with Crippen LogP contribution in [0.2, 0.25) is 0 Å². The van der Waals surface area contributed by atoms with E-state index in [-0.39, 0.29) is 5.97 Å². The molecule has 106 valence electrons. The van der Waals surface area contributed by atoms with Crippen LogP contribution in [-0.2, 0) is 21.6 Å². The summed E-state index contributed by atoms with van der Waals surface area (Å²) in [6, 6.07) is 8.27. The smallest absolute Gasteiger partial charge is 0.334 e. The summed E-state index contributed by atoms with van der Waals surface area (Å²) in [5.41, 5.74) is 2.19. The molecule has 0 aliphatic heterocycles. The maximum atomic E-state index is 12.1. The van der Waals surface area contributed by atoms with Crippen molar-refractivity contribution in [3.8, 4) is 0 Å². The molecule has 0 radical (unpaired) electrons. The van der Waals surface area contributed by atoms with Gasteiger partial charge in [-0.25, -0.2) is 4.79 Å². The first-order valence-electron chi connectivity index (χ1n) is 7.20. The predicted molar refractivity (Wildman–Crippen MR) is 81.4 cm³/mol. The lowest BCUT2D eigenvalue weighted by atomic mass is 9.87. The number of allylic oxidation sites excluding steroid dienone is 1. The number of fused-ring (bicyclic) bond motifs is 1. The Hall–Kier alpha value is -1.83. The van der Waals surface area contributed by atoms with Gasteiger partial charge in [-0.3, -0.25) is 0 Å². The number of benzene rings is 1. The van der Waals surface area contributed by atoms with Crippen LogP contribution in [0.3, 0.4) is 0 Å². The van der Waals surface area contributed by atoms with E-state index in [2.05, 4.69) is 18.7 Å². The molecule has 1 aliphatic carbocycles. The van der Waals surface area contributed by atoms with Crippen molar-refractivity contribution in [3.63, 3.8) is 0 Å². The maximum Gasteiger partial charge on any atom is 0.334 e. The van der Waals surface area contributed by atoms with Gasteiger partial charge in [0.25, 0.3) is 0 Å². The van der Waals surface area contributed by atoms with Crippen molar-refractivity contribution >= 4 is 5.97 Å². The SMILES string of the molecule is C=C(C)C(=O)OC1(C=CC)CCCCc2ccccc21. The second-order valence-electron chi connectivity index (χ2n) is 5.42. The molecular weight excluding hydrogens is 248 g/mol. The molecule has 0 spiro atoms. The molecule has 0 amide bonds. The van der Waals surface area contributed by atoms with Crippen LogP contribution in [0.5, 0.6) is 0 Å². The lowest BCUT2D eigenvalue weighted by Gasteiger charge is -2.31. The fourth-order valence-corrected chi connectivity index (χ4v) is 2.82. The minimum atomic E-state index is -0.641. The summed E-state index contributed by atoms with van der Waals surface area (Å²) < 4.78 is 5.86. The lowest BCUT2D eigenvalue weighted by molar-refractivity contribution is -0.151. The van der Waals surface area contributed by atoms with Crippen LogP contribution < -0.4 is 0 Å². The highest BCUT2D eigenvalue weighted by molar-refractivity contribution is 5.87. The zero-order valence-corrected chi connectivity index (χ0v) is 12.3. The van der Waals surface area contributed by atoms with Crippen molar-refractivity contribution in [1.82, 2.24) is 0 Å². The molecule has 0 fully saturated rings. The molecule has 0 aromatic heterocycles. The Kier molecular flexibility index (Phi) is 4.43. The molecule has 1 aliphatic rings. The number of rotatable bonds is 3. The summed E-state index contributed by atoms with van der Waals surface area (Å²) in [6.07, 6.45) is 8.02. The topological polar surface area (TPSA) is 26.3 Å². The molecule has 1 unspecified atom stereocenters. The molecule has 20 heavy (non-hydrogen) atoms. The second kappa shape index (κ2) is 6.08. The molecule has 1 atom stereocenters. The second-order valence-corrected chi connectivity index (χ2v) is 5.42. The number of esters is 1. The van der Waals surface area contributed by atoms with Crippen LogP contribution >= 0.6 is 0 Å². The molecule has 2 rings (SSSR count). The molecule has 1 aromatic rings. The largest absolute Gasteiger partial charge is 0.447 e. The van der Waals surface area contributed by atoms with Gasteiger partial charge in [-0.2, -0.15) is 0 Å². The van der Waals surface area contributed by atoms with Gasteiger partial charge >= 0.3 is 5.97 Å². The Labute approximate surface area is 121 Å². The third kappa shape index (κ3) is 2.84. The minimum absolute atomic E-state index is 0.320. The standard InChI is InChI=1S/C18H22O2/c1-4-12-18(20-17(19)14(2)3)13-8-7-10-15-9-5-6-11-16(15)18/h4-6,9,11-12H,2,7-8,10,13H2,1,3H3. The van der Waals surface area contributed by atoms with Crippen LogP contribution in [0.25, 0.3) is 0 Å². The fraction of sp³-hybridized carbons (Fsp3) is 0.389. The first-order valence-corrected chi connectivity index (χ1v) is 7.20. The molecule has 2 nitrogen and oxygen atoms in total. The van der Waals surface area contributed by atoms with Crippen LogP contribution in [0.15, 0.2) is 48.6 Å². The highest BCUT2D eigenvalue weighted by atomic mass is 16.6. The minimum Gasteiger partial charge on any atom is -0.447 e. The van der Waals surface area contributed by atoms with E-state index in [4.69, 9.17) is 4.74 Å². The molecule has 0 saturated carbocycles. The van der Waals surface area contributed by atoms with Crippen molar-refractivity contribution in [3.05, 3.63) is 59.7 Å². The average Bonchev–Trinajstić information content (AvgIpc) is 2.60. The van der Waals surface area contributed by atoms with Gasteiger partial charge in [0.15, 0.2) is 5.60 Å². The first kappa shape index (κ1) is 14.6. The maximum absolute atomic E-state index is 12.1. The van der Waals surface area contributed by atoms with E-state index in [0.29, 0.717) is 5.57 Å². The Balaban J connectivity index is 2.50. The summed E-state index contributed by atoms with van der Waals surface area (Å²) in [4.78, 5) is 12.1. The average molecular weight is 270 g/mol. The van der Waals surface area contributed by atoms with Crippen molar-refractivity contribution in [1.29, 1.82) is 0 Å². The molecule has 0 saturated heterocycles. The van der Waals surface area contributed by atoms with E-state index in [0.717, 1.165) is 31.2 Å². The van der Waals surface area contributed by atoms with Gasteiger partial charge < -0.3 is 4.74 Å². The van der Waals surface area contributed by atoms with Crippen LogP contribution in [0, 0.1) is 0 Å². The van der Waals surface area contributed by atoms with Gasteiger partial charge in [0.1, 0.15) is 0 Å². The zero-order chi connectivity index (χ0) is 14.6. The normalized spacial score (nSPS) is 22.1. The van der Waals surface area contributed by atoms with Gasteiger partial charge in [0.2, 0.25) is 0 Å². The van der Waals surface area contributed by atoms with E-state index in [9.17, 15) is 4.79 Å². The van der Waals surface area contributed by atoms with Crippen molar-refractivity contribution in [2.24, 2.45) is 0 Å². The summed E-state index contributed by atoms with van der Waals surface area (Å²) in [5.74, 6) is -0.320. The van der Waals surface area contributed by atoms with Crippen molar-refractivity contribution in [2.75, 3.05) is 0 Å². The number of ether oxygens (including phenoxy) is 1. The summed E-state index contributed by atoms with van der Waals surface area (Å²) in [6.45, 7) is 7.34. The third-order valence-electron chi connectivity index (χ3n) is 3.78. The van der Waals surface area contributed by atoms with Crippen molar-refractivity contribution < 1.29 is 9.53 Å². The van der Waals surface area contributed by atoms with E-state index in [1.54, 1.807) is 6.92 Å². The molecule has 1 aromatic carbocycles. The van der Waals surface area contributed by atoms with E-state index >= 15 is 0 Å². The highest BCUT2D eigenvalue weighted by Crippen LogP contribution is 2.39. The van der Waals surface area contributed by atoms with Gasteiger partial charge in [-0.05, 0) is 51.2 Å². The molecule has 2 heteroatoms. The summed E-state index contributed by atoms with van der Waals surface area (Å²) >= 11 is 0. The third-order valence-corrected chi connectivity index (χ3v) is 3.78. The molecule has 0 N–H and O–H groups in total. The number of carbonyl (C=O) groups excluding carboxylic acids is 1. The van der Waals surface area contributed by atoms with Gasteiger partial charge in [-0.1, -0.05) is 36.9 Å². The Morgan fingerprint density at radius 2 is 2.10 bits per heavy atom. The fourth-order valence-electron chi connectivity index (χ4n) is 2.82. The number of carbonyl (C=O) groups is 1. The van der Waals surface area contributed by atoms with Crippen LogP contribution in [0.4, 0.5) is 0 Å². The highest BCUT2D eigenvalue weighted by Gasteiger charge is 2.36. The number of hydrogen-bond acceptors (Lipinski definition) is 2. The summed E-state index contributed by atoms with van der Waals surface area (Å²) in [5, 5.41) is 0. The number of aryl methyl sites for hydroxylation is 1. The molecule has 0 bridgehead atoms. The van der Waals surface area contributed by atoms with Gasteiger partial charge in [0.05, 0.1) is 0 Å². The zero-order valence-electron chi connectivity index (χ0n) is 12.3.